The summed E-state index contributed by atoms with van der Waals surface area (Å²) < 4.78 is 1.98. The molecule has 3 nitrogen and oxygen atoms in total. The van der Waals surface area contributed by atoms with Gasteiger partial charge in [0.1, 0.15) is 0 Å². The first-order chi connectivity index (χ1) is 5.08. The third-order valence-corrected chi connectivity index (χ3v) is 5.08. The number of rotatable bonds is 2. The molecule has 0 atom stereocenters. The number of carbonyl (C=O) groups excluding carboxylic acids is 1. The van der Waals surface area contributed by atoms with Crippen molar-refractivity contribution in [1.29, 1.82) is 0 Å². The molecule has 11 heavy (non-hydrogen) atoms. The number of carbonyl (C=O) groups is 1. The largest absolute Gasteiger partial charge is 0.335 e. The Labute approximate surface area is 69.6 Å². The maximum absolute atomic E-state index is 11.2. The first-order valence-electron chi connectivity index (χ1n) is 3.84. The molecule has 0 saturated carbocycles. The lowest BCUT2D eigenvalue weighted by molar-refractivity contribution is 0.237. The van der Waals surface area contributed by atoms with Gasteiger partial charge in [-0.25, -0.2) is 4.79 Å². The fourth-order valence-electron chi connectivity index (χ4n) is 1.08. The van der Waals surface area contributed by atoms with Crippen LogP contribution in [-0.2, 0) is 0 Å². The summed E-state index contributed by atoms with van der Waals surface area (Å²) in [6.07, 6.45) is 4.36. The third-order valence-electron chi connectivity index (χ3n) is 2.12. The molecule has 1 fully saturated rings. The molecule has 1 rings (SSSR count). The van der Waals surface area contributed by atoms with E-state index in [0.29, 0.717) is 0 Å². The van der Waals surface area contributed by atoms with Gasteiger partial charge in [0, 0.05) is 13.1 Å². The van der Waals surface area contributed by atoms with E-state index in [9.17, 15) is 4.79 Å². The number of hydrogen-bond acceptors (Lipinski definition) is 1. The van der Waals surface area contributed by atoms with Crippen molar-refractivity contribution in [3.8, 4) is 0 Å². The van der Waals surface area contributed by atoms with Gasteiger partial charge in [0.15, 0.2) is 0 Å². The monoisotopic (exact) mass is 176 g/mol. The maximum atomic E-state index is 11.2. The second-order valence-corrected chi connectivity index (χ2v) is 7.08. The van der Waals surface area contributed by atoms with Crippen molar-refractivity contribution in [1.82, 2.24) is 9.62 Å². The van der Waals surface area contributed by atoms with Gasteiger partial charge < -0.3 is 5.32 Å². The highest BCUT2D eigenvalue weighted by Gasteiger charge is 2.28. The quantitative estimate of drug-likeness (QED) is 0.669. The van der Waals surface area contributed by atoms with Crippen LogP contribution in [0.4, 0.5) is 4.79 Å². The lowest BCUT2D eigenvalue weighted by atomic mass is 10.7. The minimum atomic E-state index is -0.826. The molecule has 2 amide bonds. The van der Waals surface area contributed by atoms with Gasteiger partial charge in [-0.1, -0.05) is 6.92 Å². The average Bonchev–Trinajstić information content (AvgIpc) is 2.36. The number of nitrogens with one attached hydrogen (secondary N) is 1. The van der Waals surface area contributed by atoms with Gasteiger partial charge in [0.05, 0.1) is 0 Å². The zero-order valence-corrected chi connectivity index (χ0v) is 8.20. The summed E-state index contributed by atoms with van der Waals surface area (Å²) in [6, 6.07) is 0.117. The molecular weight excluding hydrogens is 160 g/mol. The summed E-state index contributed by atoms with van der Waals surface area (Å²) in [4.78, 5) is 11.2. The molecule has 0 unspecified atom stereocenters. The topological polar surface area (TPSA) is 32.3 Å². The van der Waals surface area contributed by atoms with E-state index in [-0.39, 0.29) is 6.03 Å². The van der Waals surface area contributed by atoms with Crippen molar-refractivity contribution >= 4 is 16.2 Å². The summed E-state index contributed by atoms with van der Waals surface area (Å²) in [5.74, 6) is 1.08. The van der Waals surface area contributed by atoms with Gasteiger partial charge in [-0.05, 0) is 18.3 Å². The Morgan fingerprint density at radius 2 is 2.27 bits per heavy atom. The van der Waals surface area contributed by atoms with Gasteiger partial charge >= 0.3 is 6.03 Å². The number of nitrogens with zero attached hydrogens (tertiary/aromatic N) is 1. The molecule has 1 N–H and O–H groups in total. The van der Waals surface area contributed by atoms with Crippen LogP contribution in [0, 0.1) is 0 Å². The SMILES string of the molecule is CCS(C)(C)N1CCNC1=O. The molecule has 0 aliphatic carbocycles. The molecule has 4 heteroatoms. The molecular formula is C7H16N2OS. The molecule has 1 aliphatic heterocycles. The van der Waals surface area contributed by atoms with Gasteiger partial charge in [-0.15, -0.1) is 0 Å². The van der Waals surface area contributed by atoms with Crippen molar-refractivity contribution in [3.05, 3.63) is 0 Å². The number of hydrogen-bond donors (Lipinski definition) is 1. The predicted molar refractivity (Wildman–Crippen MR) is 50.1 cm³/mol. The normalized spacial score (nSPS) is 20.3. The van der Waals surface area contributed by atoms with Crippen LogP contribution in [0.15, 0.2) is 0 Å². The van der Waals surface area contributed by atoms with Crippen LogP contribution in [0.5, 0.6) is 0 Å². The van der Waals surface area contributed by atoms with Crippen molar-refractivity contribution in [2.24, 2.45) is 0 Å². The Hall–Kier alpha value is -0.380. The van der Waals surface area contributed by atoms with Gasteiger partial charge in [-0.2, -0.15) is 10.2 Å². The Bertz CT molecular complexity index is 170. The fourth-order valence-corrected chi connectivity index (χ4v) is 2.49. The minimum absolute atomic E-state index is 0.117. The summed E-state index contributed by atoms with van der Waals surface area (Å²) in [5, 5.41) is 2.82. The zero-order chi connectivity index (χ0) is 8.48. The highest BCUT2D eigenvalue weighted by Crippen LogP contribution is 2.44. The van der Waals surface area contributed by atoms with E-state index in [1.54, 1.807) is 0 Å². The van der Waals surface area contributed by atoms with Crippen LogP contribution in [0.25, 0.3) is 0 Å². The molecule has 0 aromatic rings. The van der Waals surface area contributed by atoms with Gasteiger partial charge in [0.25, 0.3) is 0 Å². The van der Waals surface area contributed by atoms with Crippen molar-refractivity contribution < 1.29 is 4.79 Å². The maximum Gasteiger partial charge on any atom is 0.326 e. The number of amides is 2. The Balaban J connectivity index is 2.65. The summed E-state index contributed by atoms with van der Waals surface area (Å²) >= 11 is 0. The van der Waals surface area contributed by atoms with Crippen LogP contribution >= 0.6 is 10.2 Å². The van der Waals surface area contributed by atoms with Crippen LogP contribution < -0.4 is 5.32 Å². The van der Waals surface area contributed by atoms with Crippen LogP contribution in [0.2, 0.25) is 0 Å². The molecule has 1 aliphatic rings. The fraction of sp³-hybridized carbons (Fsp3) is 0.857. The average molecular weight is 176 g/mol. The molecule has 0 bridgehead atoms. The van der Waals surface area contributed by atoms with E-state index in [2.05, 4.69) is 24.8 Å². The molecule has 0 radical (unpaired) electrons. The Morgan fingerprint density at radius 1 is 1.64 bits per heavy atom. The summed E-state index contributed by atoms with van der Waals surface area (Å²) in [5.41, 5.74) is 0. The molecule has 1 saturated heterocycles. The second-order valence-electron chi connectivity index (χ2n) is 3.10. The van der Waals surface area contributed by atoms with E-state index in [1.165, 1.54) is 0 Å². The van der Waals surface area contributed by atoms with E-state index in [1.807, 2.05) is 4.31 Å². The van der Waals surface area contributed by atoms with Crippen LogP contribution in [0.1, 0.15) is 6.92 Å². The first-order valence-corrected chi connectivity index (χ1v) is 6.42. The minimum Gasteiger partial charge on any atom is -0.335 e. The predicted octanol–water partition coefficient (Wildman–Crippen LogP) is 1.01. The van der Waals surface area contributed by atoms with Gasteiger partial charge in [0.2, 0.25) is 0 Å². The highest BCUT2D eigenvalue weighted by atomic mass is 32.3. The summed E-state index contributed by atoms with van der Waals surface area (Å²) in [7, 11) is -0.826. The standard InChI is InChI=1S/C7H16N2OS/c1-4-11(2,3)9-6-5-8-7(9)10/h4-6H2,1-3H3,(H,8,10). The Morgan fingerprint density at radius 3 is 2.64 bits per heavy atom. The molecule has 0 spiro atoms. The van der Waals surface area contributed by atoms with E-state index in [4.69, 9.17) is 0 Å². The van der Waals surface area contributed by atoms with E-state index in [0.717, 1.165) is 18.8 Å². The molecule has 1 heterocycles. The summed E-state index contributed by atoms with van der Waals surface area (Å²) in [6.45, 7) is 3.84. The third kappa shape index (κ3) is 1.61. The van der Waals surface area contributed by atoms with E-state index < -0.39 is 10.2 Å². The van der Waals surface area contributed by atoms with Crippen LogP contribution in [0.3, 0.4) is 0 Å². The smallest absolute Gasteiger partial charge is 0.326 e. The molecule has 0 aromatic heterocycles. The Kier molecular flexibility index (Phi) is 2.32. The number of urea groups is 1. The lowest BCUT2D eigenvalue weighted by Gasteiger charge is -2.38. The van der Waals surface area contributed by atoms with Crippen molar-refractivity contribution in [3.63, 3.8) is 0 Å². The first kappa shape index (κ1) is 8.71. The second kappa shape index (κ2) is 2.93. The van der Waals surface area contributed by atoms with Crippen LogP contribution in [-0.4, -0.2) is 41.7 Å². The molecule has 66 valence electrons. The highest BCUT2D eigenvalue weighted by molar-refractivity contribution is 8.31. The zero-order valence-electron chi connectivity index (χ0n) is 7.39. The van der Waals surface area contributed by atoms with Crippen molar-refractivity contribution in [2.45, 2.75) is 6.92 Å². The van der Waals surface area contributed by atoms with E-state index >= 15 is 0 Å². The van der Waals surface area contributed by atoms with Gasteiger partial charge in [-0.3, -0.25) is 4.31 Å². The van der Waals surface area contributed by atoms with Crippen molar-refractivity contribution in [2.75, 3.05) is 31.4 Å². The molecule has 0 aromatic carbocycles. The lowest BCUT2D eigenvalue weighted by Crippen LogP contribution is -2.31.